The van der Waals surface area contributed by atoms with Gasteiger partial charge in [-0.2, -0.15) is 11.8 Å². The number of ether oxygens (including phenoxy) is 1. The largest absolute Gasteiger partial charge is 0.480 e. The quantitative estimate of drug-likeness (QED) is 0.294. The number of hydrogen-bond donors (Lipinski definition) is 3. The Bertz CT molecular complexity index is 1020. The zero-order valence-electron chi connectivity index (χ0n) is 22.4. The third-order valence-corrected chi connectivity index (χ3v) is 7.93. The number of carboxylic acids is 1. The molecule has 0 aromatic heterocycles. The third-order valence-electron chi connectivity index (χ3n) is 7.28. The summed E-state index contributed by atoms with van der Waals surface area (Å²) in [5.74, 6) is 0.0441. The molecule has 3 N–H and O–H groups in total. The summed E-state index contributed by atoms with van der Waals surface area (Å²) in [7, 11) is 1.75. The van der Waals surface area contributed by atoms with E-state index in [-0.39, 0.29) is 11.9 Å². The predicted octanol–water partition coefficient (Wildman–Crippen LogP) is 5.67. The Labute approximate surface area is 226 Å². The summed E-state index contributed by atoms with van der Waals surface area (Å²) in [4.78, 5) is 25.0. The van der Waals surface area contributed by atoms with Crippen LogP contribution in [-0.2, 0) is 16.1 Å². The normalized spacial score (nSPS) is 15.8. The fourth-order valence-electron chi connectivity index (χ4n) is 5.23. The second-order valence-corrected chi connectivity index (χ2v) is 11.1. The lowest BCUT2D eigenvalue weighted by atomic mass is 9.85. The smallest absolute Gasteiger partial charge is 0.326 e. The van der Waals surface area contributed by atoms with Crippen molar-refractivity contribution in [2.45, 2.75) is 70.5 Å². The van der Waals surface area contributed by atoms with Gasteiger partial charge in [0.25, 0.3) is 5.91 Å². The highest BCUT2D eigenvalue weighted by atomic mass is 32.2. The monoisotopic (exact) mass is 526 g/mol. The molecule has 0 aliphatic heterocycles. The van der Waals surface area contributed by atoms with Gasteiger partial charge in [0, 0.05) is 25.3 Å². The minimum absolute atomic E-state index is 0.283. The van der Waals surface area contributed by atoms with E-state index in [0.717, 1.165) is 34.6 Å². The maximum atomic E-state index is 13.3. The molecule has 7 heteroatoms. The molecule has 0 bridgehead atoms. The van der Waals surface area contributed by atoms with Crippen LogP contribution in [-0.4, -0.2) is 54.8 Å². The Morgan fingerprint density at radius 2 is 1.86 bits per heavy atom. The molecule has 0 heterocycles. The molecule has 2 unspecified atom stereocenters. The van der Waals surface area contributed by atoms with Crippen LogP contribution >= 0.6 is 11.8 Å². The highest BCUT2D eigenvalue weighted by molar-refractivity contribution is 7.98. The first-order chi connectivity index (χ1) is 17.9. The second kappa shape index (κ2) is 15.2. The van der Waals surface area contributed by atoms with Crippen molar-refractivity contribution in [3.63, 3.8) is 0 Å². The van der Waals surface area contributed by atoms with Crippen molar-refractivity contribution in [2.75, 3.05) is 25.7 Å². The highest BCUT2D eigenvalue weighted by Crippen LogP contribution is 2.30. The van der Waals surface area contributed by atoms with Crippen molar-refractivity contribution in [1.29, 1.82) is 0 Å². The molecule has 1 aliphatic rings. The molecule has 1 saturated carbocycles. The number of methoxy groups -OCH3 is 1. The van der Waals surface area contributed by atoms with Gasteiger partial charge in [-0.3, -0.25) is 4.79 Å². The summed E-state index contributed by atoms with van der Waals surface area (Å²) in [5.41, 5.74) is 4.43. The molecule has 2 aromatic rings. The van der Waals surface area contributed by atoms with Gasteiger partial charge in [0.1, 0.15) is 6.04 Å². The Morgan fingerprint density at radius 3 is 2.54 bits per heavy atom. The van der Waals surface area contributed by atoms with Crippen molar-refractivity contribution < 1.29 is 19.4 Å². The molecule has 0 saturated heterocycles. The highest BCUT2D eigenvalue weighted by Gasteiger charge is 2.23. The zero-order chi connectivity index (χ0) is 26.6. The van der Waals surface area contributed by atoms with E-state index in [9.17, 15) is 14.7 Å². The maximum absolute atomic E-state index is 13.3. The second-order valence-electron chi connectivity index (χ2n) is 10.1. The topological polar surface area (TPSA) is 87.7 Å². The number of benzene rings is 2. The third kappa shape index (κ3) is 8.87. The number of carboxylic acid groups (broad SMARTS) is 1. The van der Waals surface area contributed by atoms with E-state index < -0.39 is 12.0 Å². The van der Waals surface area contributed by atoms with Crippen molar-refractivity contribution in [3.05, 3.63) is 59.2 Å². The molecule has 37 heavy (non-hydrogen) atoms. The zero-order valence-corrected chi connectivity index (χ0v) is 23.2. The molecule has 1 aliphatic carbocycles. The molecule has 1 amide bonds. The van der Waals surface area contributed by atoms with E-state index in [2.05, 4.69) is 16.7 Å². The molecule has 6 nitrogen and oxygen atoms in total. The van der Waals surface area contributed by atoms with Crippen LogP contribution < -0.4 is 10.6 Å². The average molecular weight is 527 g/mol. The summed E-state index contributed by atoms with van der Waals surface area (Å²) in [6, 6.07) is 13.2. The van der Waals surface area contributed by atoms with Crippen LogP contribution in [0.5, 0.6) is 0 Å². The molecular formula is C30H42N2O4S. The Balaban J connectivity index is 1.82. The lowest BCUT2D eigenvalue weighted by Gasteiger charge is -2.27. The van der Waals surface area contributed by atoms with Crippen molar-refractivity contribution >= 4 is 23.6 Å². The molecule has 2 aromatic carbocycles. The lowest BCUT2D eigenvalue weighted by molar-refractivity contribution is -0.139. The summed E-state index contributed by atoms with van der Waals surface area (Å²) < 4.78 is 5.51. The van der Waals surface area contributed by atoms with Crippen LogP contribution in [0.3, 0.4) is 0 Å². The molecule has 0 spiro atoms. The van der Waals surface area contributed by atoms with Gasteiger partial charge >= 0.3 is 5.97 Å². The SMILES string of the molecule is COCC(CC1CCCCC1)NCc1ccc(C(=O)NC(CCSC)C(=O)O)c(-c2ccccc2C)c1. The van der Waals surface area contributed by atoms with Gasteiger partial charge in [-0.15, -0.1) is 0 Å². The fraction of sp³-hybridized carbons (Fsp3) is 0.533. The summed E-state index contributed by atoms with van der Waals surface area (Å²) in [6.07, 6.45) is 10.0. The van der Waals surface area contributed by atoms with Gasteiger partial charge in [0.2, 0.25) is 0 Å². The number of aliphatic carboxylic acids is 1. The van der Waals surface area contributed by atoms with Gasteiger partial charge in [0.05, 0.1) is 6.61 Å². The summed E-state index contributed by atoms with van der Waals surface area (Å²) >= 11 is 1.57. The van der Waals surface area contributed by atoms with Crippen LogP contribution in [0.4, 0.5) is 0 Å². The van der Waals surface area contributed by atoms with E-state index in [0.29, 0.717) is 30.9 Å². The number of carbonyl (C=O) groups excluding carboxylic acids is 1. The molecule has 3 rings (SSSR count). The standard InChI is InChI=1S/C30H42N2O4S/c1-21-9-7-8-12-25(21)27-18-23(19-31-24(20-36-2)17-22-10-5-4-6-11-22)13-14-26(27)29(33)32-28(30(34)35)15-16-37-3/h7-9,12-14,18,22,24,28,31H,4-6,10-11,15-17,19-20H2,1-3H3,(H,32,33)(H,34,35). The van der Waals surface area contributed by atoms with Gasteiger partial charge in [-0.1, -0.05) is 62.4 Å². The minimum Gasteiger partial charge on any atom is -0.480 e. The van der Waals surface area contributed by atoms with Gasteiger partial charge < -0.3 is 20.5 Å². The number of nitrogens with one attached hydrogen (secondary N) is 2. The van der Waals surface area contributed by atoms with Crippen molar-refractivity contribution in [1.82, 2.24) is 10.6 Å². The minimum atomic E-state index is -1.01. The van der Waals surface area contributed by atoms with E-state index in [4.69, 9.17) is 4.74 Å². The number of hydrogen-bond acceptors (Lipinski definition) is 5. The van der Waals surface area contributed by atoms with Crippen LogP contribution in [0.2, 0.25) is 0 Å². The first kappa shape index (κ1) is 29.2. The molecule has 202 valence electrons. The van der Waals surface area contributed by atoms with E-state index in [1.807, 2.05) is 49.6 Å². The molecule has 1 fully saturated rings. The van der Waals surface area contributed by atoms with Crippen LogP contribution in [0.25, 0.3) is 11.1 Å². The first-order valence-electron chi connectivity index (χ1n) is 13.4. The number of thioether (sulfide) groups is 1. The number of carbonyl (C=O) groups is 2. The number of aryl methyl sites for hydroxylation is 1. The maximum Gasteiger partial charge on any atom is 0.326 e. The Kier molecular flexibility index (Phi) is 12.0. The van der Waals surface area contributed by atoms with Crippen molar-refractivity contribution in [3.8, 4) is 11.1 Å². The number of rotatable bonds is 14. The average Bonchev–Trinajstić information content (AvgIpc) is 2.90. The lowest BCUT2D eigenvalue weighted by Crippen LogP contribution is -2.41. The van der Waals surface area contributed by atoms with E-state index >= 15 is 0 Å². The van der Waals surface area contributed by atoms with Crippen LogP contribution in [0.1, 0.15) is 66.4 Å². The van der Waals surface area contributed by atoms with Gasteiger partial charge in [0.15, 0.2) is 0 Å². The van der Waals surface area contributed by atoms with E-state index in [1.165, 1.54) is 32.1 Å². The van der Waals surface area contributed by atoms with Gasteiger partial charge in [-0.05, 0) is 72.1 Å². The van der Waals surface area contributed by atoms with Crippen LogP contribution in [0.15, 0.2) is 42.5 Å². The Hall–Kier alpha value is -2.35. The predicted molar refractivity (Wildman–Crippen MR) is 152 cm³/mol. The molecule has 0 radical (unpaired) electrons. The van der Waals surface area contributed by atoms with Gasteiger partial charge in [-0.25, -0.2) is 4.79 Å². The van der Waals surface area contributed by atoms with E-state index in [1.54, 1.807) is 18.9 Å². The fourth-order valence-corrected chi connectivity index (χ4v) is 5.70. The van der Waals surface area contributed by atoms with Crippen LogP contribution in [0, 0.1) is 12.8 Å². The Morgan fingerprint density at radius 1 is 1.11 bits per heavy atom. The van der Waals surface area contributed by atoms with Crippen molar-refractivity contribution in [2.24, 2.45) is 5.92 Å². The first-order valence-corrected chi connectivity index (χ1v) is 14.8. The summed E-state index contributed by atoms with van der Waals surface area (Å²) in [6.45, 7) is 3.38. The molecular weight excluding hydrogens is 484 g/mol. The summed E-state index contributed by atoms with van der Waals surface area (Å²) in [5, 5.41) is 16.0. The molecule has 2 atom stereocenters. The number of amides is 1.